The van der Waals surface area contributed by atoms with Gasteiger partial charge in [0, 0.05) is 35.4 Å². The lowest BCUT2D eigenvalue weighted by Gasteiger charge is -2.39. The molecule has 2 aromatic rings. The molecule has 0 radical (unpaired) electrons. The number of fused-ring (bicyclic) bond motifs is 2. The van der Waals surface area contributed by atoms with E-state index in [0.29, 0.717) is 28.3 Å². The Morgan fingerprint density at radius 1 is 1.04 bits per heavy atom. The van der Waals surface area contributed by atoms with Gasteiger partial charge in [-0.15, -0.1) is 0 Å². The van der Waals surface area contributed by atoms with E-state index in [4.69, 9.17) is 23.8 Å². The summed E-state index contributed by atoms with van der Waals surface area (Å²) in [7, 11) is 0. The molecule has 2 heterocycles. The Morgan fingerprint density at radius 2 is 1.77 bits per heavy atom. The van der Waals surface area contributed by atoms with Gasteiger partial charge in [-0.25, -0.2) is 0 Å². The summed E-state index contributed by atoms with van der Waals surface area (Å²) in [6, 6.07) is 20.2. The van der Waals surface area contributed by atoms with Crippen LogP contribution in [-0.2, 0) is 6.54 Å². The number of nitrogens with one attached hydrogen (secondary N) is 2. The molecule has 0 spiro atoms. The molecule has 2 aliphatic heterocycles. The summed E-state index contributed by atoms with van der Waals surface area (Å²) in [4.78, 5) is 2.70. The van der Waals surface area contributed by atoms with E-state index >= 15 is 0 Å². The molecule has 4 rings (SSSR count). The van der Waals surface area contributed by atoms with Gasteiger partial charge in [-0.05, 0) is 61.7 Å². The minimum Gasteiger partial charge on any atom is -0.360 e. The summed E-state index contributed by atoms with van der Waals surface area (Å²) in [5.41, 5.74) is 2.34. The molecular weight excluding hydrogens is 362 g/mol. The van der Waals surface area contributed by atoms with Crippen LogP contribution in [0.2, 0.25) is 5.02 Å². The predicted octanol–water partition coefficient (Wildman–Crippen LogP) is 4.82. The molecule has 136 valence electrons. The Balaban J connectivity index is 1.33. The van der Waals surface area contributed by atoms with Gasteiger partial charge in [-0.3, -0.25) is 4.90 Å². The number of hydrogen-bond acceptors (Lipinski definition) is 2. The Kier molecular flexibility index (Phi) is 5.44. The van der Waals surface area contributed by atoms with Crippen molar-refractivity contribution in [1.82, 2.24) is 10.2 Å². The van der Waals surface area contributed by atoms with E-state index in [1.165, 1.54) is 18.4 Å². The highest BCUT2D eigenvalue weighted by Gasteiger charge is 2.40. The minimum atomic E-state index is 0.443. The fourth-order valence-corrected chi connectivity index (χ4v) is 4.84. The highest BCUT2D eigenvalue weighted by Crippen LogP contribution is 2.36. The summed E-state index contributed by atoms with van der Waals surface area (Å²) < 4.78 is 0. The van der Waals surface area contributed by atoms with Crippen LogP contribution in [0.4, 0.5) is 5.69 Å². The highest BCUT2D eigenvalue weighted by molar-refractivity contribution is 7.80. The summed E-state index contributed by atoms with van der Waals surface area (Å²) in [6.45, 7) is 1.06. The topological polar surface area (TPSA) is 27.3 Å². The summed E-state index contributed by atoms with van der Waals surface area (Å²) in [5, 5.41) is 8.18. The van der Waals surface area contributed by atoms with Gasteiger partial charge in [-0.2, -0.15) is 0 Å². The number of hydrogen-bond donors (Lipinski definition) is 2. The van der Waals surface area contributed by atoms with Crippen molar-refractivity contribution in [3.63, 3.8) is 0 Å². The first-order valence-corrected chi connectivity index (χ1v) is 10.1. The molecule has 2 atom stereocenters. The van der Waals surface area contributed by atoms with Crippen LogP contribution in [0.1, 0.15) is 31.2 Å². The number of thiocarbonyl (C=S) groups is 1. The second kappa shape index (κ2) is 7.95. The molecule has 0 saturated carbocycles. The van der Waals surface area contributed by atoms with Crippen molar-refractivity contribution < 1.29 is 0 Å². The Labute approximate surface area is 165 Å². The zero-order valence-electron chi connectivity index (χ0n) is 14.7. The fraction of sp³-hybridized carbons (Fsp3) is 0.381. The monoisotopic (exact) mass is 385 g/mol. The Hall–Kier alpha value is -1.62. The van der Waals surface area contributed by atoms with Crippen LogP contribution in [0.3, 0.4) is 0 Å². The molecule has 2 N–H and O–H groups in total. The summed E-state index contributed by atoms with van der Waals surface area (Å²) >= 11 is 11.6. The average molecular weight is 386 g/mol. The maximum absolute atomic E-state index is 6.04. The zero-order chi connectivity index (χ0) is 17.9. The second-order valence-corrected chi connectivity index (χ2v) is 8.16. The van der Waals surface area contributed by atoms with Gasteiger partial charge < -0.3 is 10.6 Å². The molecular formula is C21H24ClN3S. The molecule has 5 heteroatoms. The van der Waals surface area contributed by atoms with Crippen LogP contribution in [-0.4, -0.2) is 28.1 Å². The van der Waals surface area contributed by atoms with Gasteiger partial charge in [0.05, 0.1) is 0 Å². The van der Waals surface area contributed by atoms with E-state index in [9.17, 15) is 0 Å². The fourth-order valence-electron chi connectivity index (χ4n) is 4.36. The summed E-state index contributed by atoms with van der Waals surface area (Å²) in [6.07, 6.45) is 4.90. The van der Waals surface area contributed by atoms with Crippen LogP contribution in [0.15, 0.2) is 54.6 Å². The second-order valence-electron chi connectivity index (χ2n) is 7.32. The quantitative estimate of drug-likeness (QED) is 0.737. The lowest BCUT2D eigenvalue weighted by atomic mass is 9.96. The van der Waals surface area contributed by atoms with Gasteiger partial charge in [0.2, 0.25) is 0 Å². The first kappa shape index (κ1) is 17.8. The smallest absolute Gasteiger partial charge is 0.170 e. The number of benzene rings is 2. The SMILES string of the molecule is S=C(Nc1cccc(Cl)c1)NC1CC2CCC(C1)N2Cc1ccccc1. The molecule has 0 aliphatic carbocycles. The van der Waals surface area contributed by atoms with E-state index in [1.54, 1.807) is 0 Å². The van der Waals surface area contributed by atoms with Crippen molar-refractivity contribution in [3.8, 4) is 0 Å². The number of anilines is 1. The normalized spacial score (nSPS) is 25.0. The largest absolute Gasteiger partial charge is 0.360 e. The molecule has 2 aromatic carbocycles. The molecule has 2 fully saturated rings. The first-order valence-electron chi connectivity index (χ1n) is 9.30. The van der Waals surface area contributed by atoms with Crippen molar-refractivity contribution in [3.05, 3.63) is 65.2 Å². The third kappa shape index (κ3) is 4.20. The summed E-state index contributed by atoms with van der Waals surface area (Å²) in [5.74, 6) is 0. The van der Waals surface area contributed by atoms with E-state index in [0.717, 1.165) is 25.1 Å². The number of halogens is 1. The standard InChI is InChI=1S/C21H24ClN3S/c22-16-7-4-8-17(11-16)23-21(26)24-18-12-19-9-10-20(13-18)25(19)14-15-5-2-1-3-6-15/h1-8,11,18-20H,9-10,12-14H2,(H2,23,24,26). The molecule has 0 amide bonds. The van der Waals surface area contributed by atoms with Crippen LogP contribution in [0.5, 0.6) is 0 Å². The molecule has 2 unspecified atom stereocenters. The van der Waals surface area contributed by atoms with Crippen LogP contribution < -0.4 is 10.6 Å². The van der Waals surface area contributed by atoms with Crippen molar-refractivity contribution in [2.24, 2.45) is 0 Å². The maximum atomic E-state index is 6.04. The lowest BCUT2D eigenvalue weighted by molar-refractivity contribution is 0.115. The lowest BCUT2D eigenvalue weighted by Crippen LogP contribution is -2.50. The van der Waals surface area contributed by atoms with Crippen LogP contribution in [0, 0.1) is 0 Å². The van der Waals surface area contributed by atoms with Gasteiger partial charge in [0.15, 0.2) is 5.11 Å². The third-order valence-corrected chi connectivity index (χ3v) is 5.97. The van der Waals surface area contributed by atoms with Gasteiger partial charge in [-0.1, -0.05) is 48.0 Å². The molecule has 2 saturated heterocycles. The zero-order valence-corrected chi connectivity index (χ0v) is 16.3. The molecule has 0 aromatic heterocycles. The molecule has 3 nitrogen and oxygen atoms in total. The van der Waals surface area contributed by atoms with Gasteiger partial charge >= 0.3 is 0 Å². The van der Waals surface area contributed by atoms with Crippen LogP contribution >= 0.6 is 23.8 Å². The predicted molar refractivity (Wildman–Crippen MR) is 113 cm³/mol. The first-order chi connectivity index (χ1) is 12.7. The average Bonchev–Trinajstić information content (AvgIpc) is 2.85. The Morgan fingerprint density at radius 3 is 2.46 bits per heavy atom. The van der Waals surface area contributed by atoms with Gasteiger partial charge in [0.25, 0.3) is 0 Å². The highest BCUT2D eigenvalue weighted by atomic mass is 35.5. The van der Waals surface area contributed by atoms with Crippen molar-refractivity contribution >= 4 is 34.6 Å². The minimum absolute atomic E-state index is 0.443. The van der Waals surface area contributed by atoms with Crippen LogP contribution in [0.25, 0.3) is 0 Å². The number of rotatable bonds is 4. The van der Waals surface area contributed by atoms with E-state index < -0.39 is 0 Å². The Bertz CT molecular complexity index is 753. The van der Waals surface area contributed by atoms with E-state index in [-0.39, 0.29) is 0 Å². The number of nitrogens with zero attached hydrogens (tertiary/aromatic N) is 1. The maximum Gasteiger partial charge on any atom is 0.170 e. The molecule has 2 bridgehead atoms. The van der Waals surface area contributed by atoms with Crippen molar-refractivity contribution in [2.45, 2.75) is 50.4 Å². The van der Waals surface area contributed by atoms with E-state index in [2.05, 4.69) is 45.9 Å². The number of piperidine rings is 1. The third-order valence-electron chi connectivity index (χ3n) is 5.51. The van der Waals surface area contributed by atoms with Crippen molar-refractivity contribution in [1.29, 1.82) is 0 Å². The van der Waals surface area contributed by atoms with Gasteiger partial charge in [0.1, 0.15) is 0 Å². The van der Waals surface area contributed by atoms with Crippen molar-refractivity contribution in [2.75, 3.05) is 5.32 Å². The van der Waals surface area contributed by atoms with E-state index in [1.807, 2.05) is 24.3 Å². The molecule has 26 heavy (non-hydrogen) atoms. The molecule has 2 aliphatic rings.